The Hall–Kier alpha value is -2.50. The van der Waals surface area contributed by atoms with Crippen LogP contribution in [0.2, 0.25) is 0 Å². The van der Waals surface area contributed by atoms with Crippen LogP contribution in [-0.4, -0.2) is 44.8 Å². The smallest absolute Gasteiger partial charge is 0.305 e. The first-order chi connectivity index (χ1) is 15.8. The number of hydrogen-bond acceptors (Lipinski definition) is 7. The van der Waals surface area contributed by atoms with Crippen molar-refractivity contribution in [3.05, 3.63) is 48.0 Å². The van der Waals surface area contributed by atoms with E-state index in [4.69, 9.17) is 17.0 Å². The highest BCUT2D eigenvalue weighted by molar-refractivity contribution is 8.24. The number of imide groups is 1. The Kier molecular flexibility index (Phi) is 7.01. The molecule has 1 aromatic carbocycles. The summed E-state index contributed by atoms with van der Waals surface area (Å²) in [6, 6.07) is 11.7. The van der Waals surface area contributed by atoms with Crippen molar-refractivity contribution in [1.82, 2.24) is 4.90 Å². The molecule has 2 amide bonds. The maximum atomic E-state index is 12.7. The highest BCUT2D eigenvalue weighted by Gasteiger charge is 2.58. The fourth-order valence-corrected chi connectivity index (χ4v) is 6.57. The molecule has 5 atom stereocenters. The SMILES string of the molecule is CC(C#N)(CCC(=O)OCCCN1C(=O)C2C3C=CC(C3)C2C1=O)SC(=S)c1ccccc1. The topological polar surface area (TPSA) is 87.5 Å². The van der Waals surface area contributed by atoms with Gasteiger partial charge in [0.2, 0.25) is 11.8 Å². The van der Waals surface area contributed by atoms with Crippen LogP contribution in [0.25, 0.3) is 0 Å². The molecule has 1 saturated carbocycles. The second-order valence-electron chi connectivity index (χ2n) is 9.00. The van der Waals surface area contributed by atoms with E-state index in [1.54, 1.807) is 6.92 Å². The molecule has 172 valence electrons. The molecular weight excluding hydrogens is 456 g/mol. The largest absolute Gasteiger partial charge is 0.466 e. The Morgan fingerprint density at radius 3 is 2.45 bits per heavy atom. The number of amides is 2. The molecule has 1 saturated heterocycles. The minimum absolute atomic E-state index is 0.0793. The third-order valence-electron chi connectivity index (χ3n) is 6.72. The monoisotopic (exact) mass is 482 g/mol. The van der Waals surface area contributed by atoms with Crippen molar-refractivity contribution in [2.45, 2.75) is 37.4 Å². The summed E-state index contributed by atoms with van der Waals surface area (Å²) in [5, 5.41) is 9.63. The van der Waals surface area contributed by atoms with E-state index in [0.29, 0.717) is 17.0 Å². The van der Waals surface area contributed by atoms with E-state index in [1.165, 1.54) is 16.7 Å². The van der Waals surface area contributed by atoms with Crippen LogP contribution in [0.5, 0.6) is 0 Å². The quantitative estimate of drug-likeness (QED) is 0.173. The van der Waals surface area contributed by atoms with Crippen LogP contribution < -0.4 is 0 Å². The lowest BCUT2D eigenvalue weighted by Gasteiger charge is -2.21. The molecule has 8 heteroatoms. The van der Waals surface area contributed by atoms with Crippen LogP contribution in [-0.2, 0) is 19.1 Å². The number of thiocarbonyl (C=S) groups is 1. The first-order valence-corrected chi connectivity index (χ1v) is 12.4. The highest BCUT2D eigenvalue weighted by Crippen LogP contribution is 2.52. The lowest BCUT2D eigenvalue weighted by Crippen LogP contribution is -2.34. The predicted octanol–water partition coefficient (Wildman–Crippen LogP) is 3.90. The second kappa shape index (κ2) is 9.78. The van der Waals surface area contributed by atoms with Crippen LogP contribution in [0.4, 0.5) is 0 Å². The Bertz CT molecular complexity index is 1000. The van der Waals surface area contributed by atoms with Crippen LogP contribution in [0.15, 0.2) is 42.5 Å². The van der Waals surface area contributed by atoms with Gasteiger partial charge in [0.25, 0.3) is 0 Å². The van der Waals surface area contributed by atoms with Gasteiger partial charge in [0.1, 0.15) is 4.75 Å². The van der Waals surface area contributed by atoms with E-state index in [0.717, 1.165) is 12.0 Å². The number of benzene rings is 1. The predicted molar refractivity (Wildman–Crippen MR) is 129 cm³/mol. The van der Waals surface area contributed by atoms with Gasteiger partial charge in [0.15, 0.2) is 0 Å². The fourth-order valence-electron chi connectivity index (χ4n) is 4.97. The van der Waals surface area contributed by atoms with Gasteiger partial charge in [-0.25, -0.2) is 0 Å². The average molecular weight is 483 g/mol. The van der Waals surface area contributed by atoms with Crippen molar-refractivity contribution in [2.24, 2.45) is 23.7 Å². The Labute approximate surface area is 203 Å². The van der Waals surface area contributed by atoms with Gasteiger partial charge in [-0.05, 0) is 43.6 Å². The molecule has 1 aromatic rings. The van der Waals surface area contributed by atoms with Gasteiger partial charge < -0.3 is 4.74 Å². The molecular formula is C25H26N2O4S2. The summed E-state index contributed by atoms with van der Waals surface area (Å²) in [5.74, 6) is -0.561. The van der Waals surface area contributed by atoms with Crippen molar-refractivity contribution in [1.29, 1.82) is 5.26 Å². The molecule has 2 bridgehead atoms. The van der Waals surface area contributed by atoms with Gasteiger partial charge in [-0.15, -0.1) is 0 Å². The highest BCUT2D eigenvalue weighted by atomic mass is 32.2. The number of likely N-dealkylation sites (tertiary alicyclic amines) is 1. The zero-order valence-corrected chi connectivity index (χ0v) is 20.1. The van der Waals surface area contributed by atoms with E-state index in [-0.39, 0.29) is 55.1 Å². The number of thioether (sulfide) groups is 1. The third kappa shape index (κ3) is 4.90. The van der Waals surface area contributed by atoms with Gasteiger partial charge in [-0.1, -0.05) is 66.5 Å². The summed E-state index contributed by atoms with van der Waals surface area (Å²) >= 11 is 6.73. The number of allylic oxidation sites excluding steroid dienone is 2. The number of fused-ring (bicyclic) bond motifs is 5. The summed E-state index contributed by atoms with van der Waals surface area (Å²) in [4.78, 5) is 38.9. The Balaban J connectivity index is 1.18. The van der Waals surface area contributed by atoms with Crippen molar-refractivity contribution < 1.29 is 19.1 Å². The molecule has 3 aliphatic rings. The first kappa shape index (κ1) is 23.7. The molecule has 0 spiro atoms. The number of nitriles is 1. The summed E-state index contributed by atoms with van der Waals surface area (Å²) in [6.45, 7) is 2.17. The third-order valence-corrected chi connectivity index (χ3v) is 8.37. The fraction of sp³-hybridized carbons (Fsp3) is 0.480. The molecule has 1 heterocycles. The minimum Gasteiger partial charge on any atom is -0.466 e. The lowest BCUT2D eigenvalue weighted by atomic mass is 9.85. The van der Waals surface area contributed by atoms with E-state index in [2.05, 4.69) is 18.2 Å². The van der Waals surface area contributed by atoms with Crippen LogP contribution in [0.1, 0.15) is 38.2 Å². The van der Waals surface area contributed by atoms with Crippen LogP contribution in [0, 0.1) is 35.0 Å². The molecule has 4 rings (SSSR count). The van der Waals surface area contributed by atoms with Crippen molar-refractivity contribution in [3.63, 3.8) is 0 Å². The zero-order valence-electron chi connectivity index (χ0n) is 18.4. The molecule has 33 heavy (non-hydrogen) atoms. The van der Waals surface area contributed by atoms with Gasteiger partial charge in [0, 0.05) is 13.0 Å². The Morgan fingerprint density at radius 1 is 1.21 bits per heavy atom. The summed E-state index contributed by atoms with van der Waals surface area (Å²) in [7, 11) is 0. The average Bonchev–Trinajstić information content (AvgIpc) is 3.50. The Morgan fingerprint density at radius 2 is 1.85 bits per heavy atom. The minimum atomic E-state index is -0.842. The number of carbonyl (C=O) groups is 3. The standard InChI is InChI=1S/C25H26N2O4S2/c1-25(15-26,33-24(32)16-6-3-2-4-7-16)11-10-19(28)31-13-5-12-27-22(29)20-17-8-9-18(14-17)21(20)23(27)30/h2-4,6-9,17-18,20-21H,5,10-14H2,1H3. The number of nitrogens with zero attached hydrogens (tertiary/aromatic N) is 2. The summed E-state index contributed by atoms with van der Waals surface area (Å²) in [6.07, 6.45) is 5.86. The van der Waals surface area contributed by atoms with E-state index < -0.39 is 10.7 Å². The van der Waals surface area contributed by atoms with Gasteiger partial charge in [-0.2, -0.15) is 5.26 Å². The molecule has 1 aliphatic heterocycles. The molecule has 0 N–H and O–H groups in total. The first-order valence-electron chi connectivity index (χ1n) is 11.2. The van der Waals surface area contributed by atoms with Gasteiger partial charge in [0.05, 0.1) is 28.7 Å². The zero-order chi connectivity index (χ0) is 23.6. The maximum absolute atomic E-state index is 12.7. The number of hydrogen-bond donors (Lipinski definition) is 0. The van der Waals surface area contributed by atoms with Crippen LogP contribution >= 0.6 is 24.0 Å². The normalized spacial score (nSPS) is 26.7. The molecule has 6 nitrogen and oxygen atoms in total. The summed E-state index contributed by atoms with van der Waals surface area (Å²) in [5.41, 5.74) is 0.875. The van der Waals surface area contributed by atoms with Crippen molar-refractivity contribution >= 4 is 46.0 Å². The molecule has 0 aromatic heterocycles. The molecule has 2 fully saturated rings. The second-order valence-corrected chi connectivity index (χ2v) is 11.2. The van der Waals surface area contributed by atoms with E-state index in [1.807, 2.05) is 30.3 Å². The molecule has 0 radical (unpaired) electrons. The molecule has 2 aliphatic carbocycles. The van der Waals surface area contributed by atoms with Crippen molar-refractivity contribution in [3.8, 4) is 6.07 Å². The van der Waals surface area contributed by atoms with E-state index >= 15 is 0 Å². The van der Waals surface area contributed by atoms with Crippen LogP contribution in [0.3, 0.4) is 0 Å². The van der Waals surface area contributed by atoms with Gasteiger partial charge >= 0.3 is 5.97 Å². The number of rotatable bonds is 9. The molecule has 5 unspecified atom stereocenters. The maximum Gasteiger partial charge on any atom is 0.305 e. The van der Waals surface area contributed by atoms with Gasteiger partial charge in [-0.3, -0.25) is 19.3 Å². The van der Waals surface area contributed by atoms with Crippen molar-refractivity contribution in [2.75, 3.05) is 13.2 Å². The number of ether oxygens (including phenoxy) is 1. The lowest BCUT2D eigenvalue weighted by molar-refractivity contribution is -0.144. The number of esters is 1. The number of carbonyl (C=O) groups excluding carboxylic acids is 3. The van der Waals surface area contributed by atoms with E-state index in [9.17, 15) is 19.6 Å². The summed E-state index contributed by atoms with van der Waals surface area (Å²) < 4.78 is 5.07.